The molecule has 4 heteroatoms. The number of aliphatic imine (C=N–C) groups is 1. The summed E-state index contributed by atoms with van der Waals surface area (Å²) in [5.74, 6) is 1.47. The molecule has 2 unspecified atom stereocenters. The summed E-state index contributed by atoms with van der Waals surface area (Å²) < 4.78 is 0. The predicted molar refractivity (Wildman–Crippen MR) is 72.0 cm³/mol. The molecular formula is C13H24N4. The summed E-state index contributed by atoms with van der Waals surface area (Å²) in [6.45, 7) is 2.92. The lowest BCUT2D eigenvalue weighted by atomic mass is 9.87. The van der Waals surface area contributed by atoms with Gasteiger partial charge < -0.3 is 15.5 Å². The second-order valence-corrected chi connectivity index (χ2v) is 5.31. The standard InChI is InChI=1S/C13H24N4/c1-16(2)8-9-17-12(10-15-13(17)14)11-6-4-3-5-7-11/h3-4,11-12H,5-10H2,1-2H3,(H2,14,15). The van der Waals surface area contributed by atoms with Crippen LogP contribution in [0.25, 0.3) is 0 Å². The second kappa shape index (κ2) is 5.54. The highest BCUT2D eigenvalue weighted by Gasteiger charge is 2.32. The Kier molecular flexibility index (Phi) is 4.05. The third-order valence-corrected chi connectivity index (χ3v) is 3.78. The highest BCUT2D eigenvalue weighted by molar-refractivity contribution is 5.80. The summed E-state index contributed by atoms with van der Waals surface area (Å²) in [5.41, 5.74) is 6.00. The van der Waals surface area contributed by atoms with E-state index in [-0.39, 0.29) is 0 Å². The molecule has 1 heterocycles. The summed E-state index contributed by atoms with van der Waals surface area (Å²) in [4.78, 5) is 8.94. The number of nitrogens with zero attached hydrogens (tertiary/aromatic N) is 3. The Labute approximate surface area is 104 Å². The molecule has 0 aromatic heterocycles. The van der Waals surface area contributed by atoms with E-state index < -0.39 is 0 Å². The van der Waals surface area contributed by atoms with E-state index in [2.05, 4.69) is 41.0 Å². The molecule has 2 rings (SSSR count). The van der Waals surface area contributed by atoms with Crippen LogP contribution in [0.4, 0.5) is 0 Å². The van der Waals surface area contributed by atoms with Gasteiger partial charge in [-0.15, -0.1) is 0 Å². The summed E-state index contributed by atoms with van der Waals surface area (Å²) >= 11 is 0. The molecule has 2 atom stereocenters. The van der Waals surface area contributed by atoms with E-state index in [1.54, 1.807) is 0 Å². The maximum atomic E-state index is 6.00. The lowest BCUT2D eigenvalue weighted by Gasteiger charge is -2.34. The molecule has 0 radical (unpaired) electrons. The first-order valence-electron chi connectivity index (χ1n) is 6.55. The molecule has 4 nitrogen and oxygen atoms in total. The number of nitrogens with two attached hydrogens (primary N) is 1. The Morgan fingerprint density at radius 3 is 2.94 bits per heavy atom. The first-order chi connectivity index (χ1) is 8.18. The van der Waals surface area contributed by atoms with Gasteiger partial charge in [-0.05, 0) is 39.3 Å². The lowest BCUT2D eigenvalue weighted by Crippen LogP contribution is -2.47. The Morgan fingerprint density at radius 1 is 1.47 bits per heavy atom. The van der Waals surface area contributed by atoms with Crippen molar-refractivity contribution in [1.82, 2.24) is 9.80 Å². The monoisotopic (exact) mass is 236 g/mol. The van der Waals surface area contributed by atoms with Gasteiger partial charge in [-0.1, -0.05) is 12.2 Å². The Hall–Kier alpha value is -1.03. The molecule has 0 saturated carbocycles. The van der Waals surface area contributed by atoms with E-state index in [1.165, 1.54) is 19.3 Å². The van der Waals surface area contributed by atoms with Crippen molar-refractivity contribution in [3.63, 3.8) is 0 Å². The molecule has 0 aromatic rings. The topological polar surface area (TPSA) is 44.9 Å². The number of likely N-dealkylation sites (N-methyl/N-ethyl adjacent to an activating group) is 1. The van der Waals surface area contributed by atoms with Crippen molar-refractivity contribution in [1.29, 1.82) is 0 Å². The quantitative estimate of drug-likeness (QED) is 0.738. The molecule has 0 amide bonds. The summed E-state index contributed by atoms with van der Waals surface area (Å²) in [6.07, 6.45) is 8.28. The average Bonchev–Trinajstić information content (AvgIpc) is 2.69. The van der Waals surface area contributed by atoms with E-state index in [1.807, 2.05) is 0 Å². The van der Waals surface area contributed by atoms with Crippen LogP contribution in [0.3, 0.4) is 0 Å². The Bertz CT molecular complexity index is 309. The van der Waals surface area contributed by atoms with Crippen LogP contribution in [-0.2, 0) is 0 Å². The minimum absolute atomic E-state index is 0.528. The van der Waals surface area contributed by atoms with Crippen molar-refractivity contribution in [2.75, 3.05) is 33.7 Å². The highest BCUT2D eigenvalue weighted by Crippen LogP contribution is 2.27. The van der Waals surface area contributed by atoms with Gasteiger partial charge in [-0.25, -0.2) is 0 Å². The van der Waals surface area contributed by atoms with Crippen LogP contribution in [0.1, 0.15) is 19.3 Å². The van der Waals surface area contributed by atoms with E-state index >= 15 is 0 Å². The van der Waals surface area contributed by atoms with Gasteiger partial charge in [0.1, 0.15) is 0 Å². The van der Waals surface area contributed by atoms with Crippen LogP contribution in [-0.4, -0.2) is 55.5 Å². The predicted octanol–water partition coefficient (Wildman–Crippen LogP) is 0.903. The zero-order valence-corrected chi connectivity index (χ0v) is 11.0. The van der Waals surface area contributed by atoms with Gasteiger partial charge in [-0.3, -0.25) is 4.99 Å². The van der Waals surface area contributed by atoms with Crippen molar-refractivity contribution in [2.45, 2.75) is 25.3 Å². The van der Waals surface area contributed by atoms with Crippen LogP contribution in [0.2, 0.25) is 0 Å². The van der Waals surface area contributed by atoms with Gasteiger partial charge in [0.05, 0.1) is 12.6 Å². The van der Waals surface area contributed by atoms with Crippen molar-refractivity contribution in [3.05, 3.63) is 12.2 Å². The number of rotatable bonds is 4. The molecule has 0 saturated heterocycles. The van der Waals surface area contributed by atoms with E-state index in [0.29, 0.717) is 6.04 Å². The third-order valence-electron chi connectivity index (χ3n) is 3.78. The zero-order valence-electron chi connectivity index (χ0n) is 11.0. The van der Waals surface area contributed by atoms with Crippen molar-refractivity contribution >= 4 is 5.96 Å². The Morgan fingerprint density at radius 2 is 2.29 bits per heavy atom. The first-order valence-corrected chi connectivity index (χ1v) is 6.55. The van der Waals surface area contributed by atoms with Gasteiger partial charge in [0.25, 0.3) is 0 Å². The van der Waals surface area contributed by atoms with Gasteiger partial charge >= 0.3 is 0 Å². The minimum atomic E-state index is 0.528. The maximum Gasteiger partial charge on any atom is 0.191 e. The fourth-order valence-electron chi connectivity index (χ4n) is 2.70. The summed E-state index contributed by atoms with van der Waals surface area (Å²) in [6, 6.07) is 0.528. The molecule has 2 aliphatic rings. The molecule has 2 N–H and O–H groups in total. The van der Waals surface area contributed by atoms with Gasteiger partial charge in [-0.2, -0.15) is 0 Å². The Balaban J connectivity index is 1.94. The van der Waals surface area contributed by atoms with Crippen LogP contribution >= 0.6 is 0 Å². The molecule has 96 valence electrons. The average molecular weight is 236 g/mol. The molecule has 0 aromatic carbocycles. The first kappa shape index (κ1) is 12.4. The molecule has 1 aliphatic heterocycles. The molecule has 0 spiro atoms. The van der Waals surface area contributed by atoms with Crippen molar-refractivity contribution < 1.29 is 0 Å². The minimum Gasteiger partial charge on any atom is -0.370 e. The third kappa shape index (κ3) is 3.00. The molecule has 17 heavy (non-hydrogen) atoms. The van der Waals surface area contributed by atoms with Crippen LogP contribution in [0, 0.1) is 5.92 Å². The van der Waals surface area contributed by atoms with Crippen LogP contribution in [0.5, 0.6) is 0 Å². The van der Waals surface area contributed by atoms with E-state index in [0.717, 1.165) is 31.5 Å². The number of guanidine groups is 1. The van der Waals surface area contributed by atoms with Gasteiger partial charge in [0, 0.05) is 13.1 Å². The molecule has 1 aliphatic carbocycles. The van der Waals surface area contributed by atoms with Crippen LogP contribution in [0.15, 0.2) is 17.1 Å². The van der Waals surface area contributed by atoms with Crippen molar-refractivity contribution in [2.24, 2.45) is 16.6 Å². The maximum absolute atomic E-state index is 6.00. The highest BCUT2D eigenvalue weighted by atomic mass is 15.3. The second-order valence-electron chi connectivity index (χ2n) is 5.31. The smallest absolute Gasteiger partial charge is 0.191 e. The number of hydrogen-bond acceptors (Lipinski definition) is 4. The fraction of sp³-hybridized carbons (Fsp3) is 0.769. The summed E-state index contributed by atoms with van der Waals surface area (Å²) in [7, 11) is 4.20. The SMILES string of the molecule is CN(C)CCN1C(N)=NCC1C1CC=CCC1. The van der Waals surface area contributed by atoms with Gasteiger partial charge in [0.2, 0.25) is 0 Å². The van der Waals surface area contributed by atoms with Crippen molar-refractivity contribution in [3.8, 4) is 0 Å². The van der Waals surface area contributed by atoms with E-state index in [9.17, 15) is 0 Å². The number of hydrogen-bond donors (Lipinski definition) is 1. The lowest BCUT2D eigenvalue weighted by molar-refractivity contribution is 0.219. The fourth-order valence-corrected chi connectivity index (χ4v) is 2.70. The number of allylic oxidation sites excluding steroid dienone is 2. The van der Waals surface area contributed by atoms with E-state index in [4.69, 9.17) is 5.73 Å². The zero-order chi connectivity index (χ0) is 12.3. The molecule has 0 fully saturated rings. The van der Waals surface area contributed by atoms with Gasteiger partial charge in [0.15, 0.2) is 5.96 Å². The van der Waals surface area contributed by atoms with Crippen LogP contribution < -0.4 is 5.73 Å². The normalized spacial score (nSPS) is 28.9. The molecule has 0 bridgehead atoms. The largest absolute Gasteiger partial charge is 0.370 e. The molecular weight excluding hydrogens is 212 g/mol. The summed E-state index contributed by atoms with van der Waals surface area (Å²) in [5, 5.41) is 0.